The molecule has 0 fully saturated rings. The summed E-state index contributed by atoms with van der Waals surface area (Å²) in [4.78, 5) is -0.165. The van der Waals surface area contributed by atoms with Crippen LogP contribution < -0.4 is 4.72 Å². The molecule has 0 spiro atoms. The molecule has 5 nitrogen and oxygen atoms in total. The highest BCUT2D eigenvalue weighted by atomic mass is 32.2. The van der Waals surface area contributed by atoms with Crippen molar-refractivity contribution in [3.63, 3.8) is 0 Å². The number of rotatable bonds is 7. The van der Waals surface area contributed by atoms with Gasteiger partial charge in [-0.1, -0.05) is 60.2 Å². The van der Waals surface area contributed by atoms with Crippen molar-refractivity contribution >= 4 is 20.9 Å². The molecular formula is C28H26F3N3O2S. The number of hydrogen-bond donors (Lipinski definition) is 1. The third-order valence-electron chi connectivity index (χ3n) is 6.33. The second-order valence-corrected chi connectivity index (χ2v) is 10.8. The lowest BCUT2D eigenvalue weighted by Crippen LogP contribution is -2.51. The summed E-state index contributed by atoms with van der Waals surface area (Å²) in [5.74, 6) is 0. The van der Waals surface area contributed by atoms with Gasteiger partial charge >= 0.3 is 6.18 Å². The molecule has 3 aromatic carbocycles. The highest BCUT2D eigenvalue weighted by molar-refractivity contribution is 7.89. The molecule has 0 amide bonds. The number of halogens is 3. The molecule has 0 aliphatic carbocycles. The summed E-state index contributed by atoms with van der Waals surface area (Å²) in [6, 6.07) is 16.3. The molecule has 0 saturated heterocycles. The molecule has 37 heavy (non-hydrogen) atoms. The first-order valence-electron chi connectivity index (χ1n) is 11.6. The maximum absolute atomic E-state index is 14.8. The van der Waals surface area contributed by atoms with E-state index in [0.717, 1.165) is 10.9 Å². The highest BCUT2D eigenvalue weighted by Crippen LogP contribution is 2.37. The van der Waals surface area contributed by atoms with Crippen molar-refractivity contribution < 1.29 is 21.6 Å². The molecule has 0 aliphatic heterocycles. The van der Waals surface area contributed by atoms with Gasteiger partial charge in [0.2, 0.25) is 10.0 Å². The lowest BCUT2D eigenvalue weighted by molar-refractivity contribution is -0.158. The highest BCUT2D eigenvalue weighted by Gasteiger charge is 2.49. The average Bonchev–Trinajstić information content (AvgIpc) is 3.21. The molecule has 2 atom stereocenters. The minimum Gasteiger partial charge on any atom is -0.338 e. The van der Waals surface area contributed by atoms with Crippen LogP contribution >= 0.6 is 0 Å². The van der Waals surface area contributed by atoms with Gasteiger partial charge in [0, 0.05) is 11.7 Å². The van der Waals surface area contributed by atoms with Crippen molar-refractivity contribution in [3.8, 4) is 6.07 Å². The van der Waals surface area contributed by atoms with E-state index in [-0.39, 0.29) is 16.9 Å². The fourth-order valence-electron chi connectivity index (χ4n) is 4.97. The van der Waals surface area contributed by atoms with Crippen molar-refractivity contribution in [1.82, 2.24) is 9.29 Å². The van der Waals surface area contributed by atoms with E-state index in [2.05, 4.69) is 0 Å². The molecule has 1 aromatic heterocycles. The van der Waals surface area contributed by atoms with E-state index >= 15 is 0 Å². The minimum atomic E-state index is -4.94. The molecule has 0 bridgehead atoms. The summed E-state index contributed by atoms with van der Waals surface area (Å²) in [6.07, 6.45) is -3.40. The first kappa shape index (κ1) is 26.5. The summed E-state index contributed by atoms with van der Waals surface area (Å²) < 4.78 is 74.9. The number of aromatic nitrogens is 1. The van der Waals surface area contributed by atoms with Crippen LogP contribution in [0.5, 0.6) is 0 Å². The van der Waals surface area contributed by atoms with Crippen LogP contribution in [0.25, 0.3) is 10.9 Å². The summed E-state index contributed by atoms with van der Waals surface area (Å²) in [7, 11) is -4.57. The van der Waals surface area contributed by atoms with Crippen LogP contribution in [-0.2, 0) is 16.4 Å². The van der Waals surface area contributed by atoms with Gasteiger partial charge < -0.3 is 4.57 Å². The Balaban J connectivity index is 1.93. The van der Waals surface area contributed by atoms with Crippen molar-refractivity contribution in [2.75, 3.05) is 0 Å². The van der Waals surface area contributed by atoms with Gasteiger partial charge in [-0.05, 0) is 60.5 Å². The normalized spacial score (nSPS) is 13.9. The zero-order valence-corrected chi connectivity index (χ0v) is 21.4. The van der Waals surface area contributed by atoms with Crippen LogP contribution in [0.2, 0.25) is 0 Å². The van der Waals surface area contributed by atoms with Gasteiger partial charge in [0.1, 0.15) is 6.04 Å². The van der Waals surface area contributed by atoms with Gasteiger partial charge in [0.15, 0.2) is 0 Å². The molecule has 0 saturated carbocycles. The molecule has 1 N–H and O–H groups in total. The van der Waals surface area contributed by atoms with Crippen LogP contribution in [0.4, 0.5) is 13.2 Å². The van der Waals surface area contributed by atoms with Crippen LogP contribution in [0.15, 0.2) is 77.8 Å². The van der Waals surface area contributed by atoms with Crippen LogP contribution in [0.1, 0.15) is 33.9 Å². The number of benzene rings is 3. The number of alkyl halides is 3. The number of aryl methyl sites for hydroxylation is 3. The number of sulfonamides is 1. The minimum absolute atomic E-state index is 0.0111. The molecule has 0 aliphatic rings. The molecule has 2 unspecified atom stereocenters. The van der Waals surface area contributed by atoms with Crippen LogP contribution in [0, 0.1) is 32.1 Å². The summed E-state index contributed by atoms with van der Waals surface area (Å²) >= 11 is 0. The van der Waals surface area contributed by atoms with Crippen molar-refractivity contribution in [2.24, 2.45) is 0 Å². The number of nitriles is 1. The zero-order chi connectivity index (χ0) is 27.0. The Bertz CT molecular complexity index is 1580. The Morgan fingerprint density at radius 3 is 2.30 bits per heavy atom. The smallest absolute Gasteiger partial charge is 0.338 e. The number of para-hydroxylation sites is 1. The molecule has 9 heteroatoms. The van der Waals surface area contributed by atoms with Crippen LogP contribution in [0.3, 0.4) is 0 Å². The molecular weight excluding hydrogens is 499 g/mol. The van der Waals surface area contributed by atoms with Crippen LogP contribution in [-0.4, -0.2) is 25.2 Å². The van der Waals surface area contributed by atoms with Gasteiger partial charge in [-0.15, -0.1) is 0 Å². The van der Waals surface area contributed by atoms with Gasteiger partial charge in [0.25, 0.3) is 0 Å². The molecule has 1 heterocycles. The predicted octanol–water partition coefficient (Wildman–Crippen LogP) is 6.13. The fraction of sp³-hybridized carbons (Fsp3) is 0.250. The number of nitrogens with one attached hydrogen (secondary N) is 1. The zero-order valence-electron chi connectivity index (χ0n) is 20.5. The molecule has 192 valence electrons. The number of hydrogen-bond acceptors (Lipinski definition) is 3. The third-order valence-corrected chi connectivity index (χ3v) is 8.07. The predicted molar refractivity (Wildman–Crippen MR) is 137 cm³/mol. The second-order valence-electron chi connectivity index (χ2n) is 9.18. The molecule has 0 radical (unpaired) electrons. The van der Waals surface area contributed by atoms with Crippen molar-refractivity contribution in [3.05, 3.63) is 101 Å². The lowest BCUT2D eigenvalue weighted by Gasteiger charge is -2.32. The molecule has 4 aromatic rings. The van der Waals surface area contributed by atoms with Crippen molar-refractivity contribution in [1.29, 1.82) is 5.26 Å². The van der Waals surface area contributed by atoms with Gasteiger partial charge in [0.05, 0.1) is 23.4 Å². The van der Waals surface area contributed by atoms with Crippen molar-refractivity contribution in [2.45, 2.75) is 50.3 Å². The van der Waals surface area contributed by atoms with E-state index in [1.54, 1.807) is 75.4 Å². The maximum Gasteiger partial charge on any atom is 0.407 e. The quantitative estimate of drug-likeness (QED) is 0.315. The van der Waals surface area contributed by atoms with Gasteiger partial charge in [-0.25, -0.2) is 8.42 Å². The first-order chi connectivity index (χ1) is 17.4. The largest absolute Gasteiger partial charge is 0.407 e. The van der Waals surface area contributed by atoms with E-state index in [9.17, 15) is 21.6 Å². The Morgan fingerprint density at radius 1 is 0.973 bits per heavy atom. The average molecular weight is 526 g/mol. The molecule has 4 rings (SSSR count). The number of nitrogens with zero attached hydrogens (tertiary/aromatic N) is 2. The van der Waals surface area contributed by atoms with E-state index in [1.165, 1.54) is 22.9 Å². The standard InChI is InChI=1S/C28H26F3N3O2S/c1-18-15-19(2)26(20(3)16-18)37(35,36)33-27(28(29,30)31)25(23-9-6-7-21(17-23)11-13-32)34-14-12-22-8-4-5-10-24(22)34/h4-10,12,14-17,25,27,33H,11H2,1-3H3. The number of fused-ring (bicyclic) bond motifs is 1. The third kappa shape index (κ3) is 5.41. The maximum atomic E-state index is 14.8. The lowest BCUT2D eigenvalue weighted by atomic mass is 9.96. The summed E-state index contributed by atoms with van der Waals surface area (Å²) in [5, 5.41) is 9.85. The van der Waals surface area contributed by atoms with E-state index in [4.69, 9.17) is 5.26 Å². The van der Waals surface area contributed by atoms with Gasteiger partial charge in [-0.2, -0.15) is 23.2 Å². The summed E-state index contributed by atoms with van der Waals surface area (Å²) in [5.41, 5.74) is 2.84. The topological polar surface area (TPSA) is 74.9 Å². The Kier molecular flexibility index (Phi) is 7.18. The first-order valence-corrected chi connectivity index (χ1v) is 13.1. The Hall–Kier alpha value is -3.61. The second kappa shape index (κ2) is 10.0. The SMILES string of the molecule is Cc1cc(C)c(S(=O)(=O)NC(C(c2cccc(CC#N)c2)n2ccc3ccccc32)C(F)(F)F)c(C)c1. The Morgan fingerprint density at radius 2 is 1.65 bits per heavy atom. The Labute approximate surface area is 214 Å². The van der Waals surface area contributed by atoms with E-state index < -0.39 is 28.3 Å². The fourth-order valence-corrected chi connectivity index (χ4v) is 6.65. The van der Waals surface area contributed by atoms with Gasteiger partial charge in [-0.3, -0.25) is 0 Å². The monoisotopic (exact) mass is 525 g/mol. The van der Waals surface area contributed by atoms with E-state index in [1.807, 2.05) is 10.8 Å². The summed E-state index contributed by atoms with van der Waals surface area (Å²) in [6.45, 7) is 4.93. The van der Waals surface area contributed by atoms with E-state index in [0.29, 0.717) is 22.2 Å².